The van der Waals surface area contributed by atoms with Crippen molar-refractivity contribution in [1.29, 1.82) is 0 Å². The van der Waals surface area contributed by atoms with Crippen LogP contribution in [0.15, 0.2) is 100 Å². The van der Waals surface area contributed by atoms with Gasteiger partial charge in [-0.25, -0.2) is 4.99 Å². The van der Waals surface area contributed by atoms with Crippen molar-refractivity contribution in [2.45, 2.75) is 12.5 Å². The van der Waals surface area contributed by atoms with Crippen LogP contribution < -0.4 is 4.74 Å². The van der Waals surface area contributed by atoms with Crippen LogP contribution in [0.4, 0.5) is 0 Å². The van der Waals surface area contributed by atoms with Crippen molar-refractivity contribution >= 4 is 32.6 Å². The molecule has 0 radical (unpaired) electrons. The number of halogens is 1. The maximum Gasteiger partial charge on any atom is 0.188 e. The molecule has 0 fully saturated rings. The van der Waals surface area contributed by atoms with Crippen LogP contribution in [0.3, 0.4) is 0 Å². The normalized spacial score (nSPS) is 14.9. The van der Waals surface area contributed by atoms with Crippen molar-refractivity contribution in [1.82, 2.24) is 0 Å². The van der Waals surface area contributed by atoms with Crippen LogP contribution in [0.2, 0.25) is 0 Å². The number of ether oxygens (including phenoxy) is 1. The number of aliphatic imine (C=N–C) groups is 1. The van der Waals surface area contributed by atoms with E-state index in [0.717, 1.165) is 37.7 Å². The summed E-state index contributed by atoms with van der Waals surface area (Å²) in [5.41, 5.74) is 2.63. The van der Waals surface area contributed by atoms with E-state index in [1.54, 1.807) is 0 Å². The predicted octanol–water partition coefficient (Wildman–Crippen LogP) is 6.71. The topological polar surface area (TPSA) is 21.6 Å². The number of hydrogen-bond donors (Lipinski definition) is 0. The Morgan fingerprint density at radius 3 is 2.00 bits per heavy atom. The molecule has 0 N–H and O–H groups in total. The molecular formula is C25H18BrNO. The van der Waals surface area contributed by atoms with Gasteiger partial charge >= 0.3 is 0 Å². The van der Waals surface area contributed by atoms with E-state index in [1.807, 2.05) is 19.1 Å². The van der Waals surface area contributed by atoms with Gasteiger partial charge in [0.2, 0.25) is 0 Å². The van der Waals surface area contributed by atoms with Crippen molar-refractivity contribution < 1.29 is 4.74 Å². The van der Waals surface area contributed by atoms with Crippen LogP contribution in [-0.4, -0.2) is 5.90 Å². The number of benzene rings is 4. The Hall–Kier alpha value is -2.91. The maximum absolute atomic E-state index is 6.17. The van der Waals surface area contributed by atoms with Crippen molar-refractivity contribution in [3.63, 3.8) is 0 Å². The zero-order valence-electron chi connectivity index (χ0n) is 15.4. The molecule has 5 rings (SSSR count). The Morgan fingerprint density at radius 2 is 1.36 bits per heavy atom. The van der Waals surface area contributed by atoms with Crippen LogP contribution in [0.25, 0.3) is 10.8 Å². The van der Waals surface area contributed by atoms with Crippen LogP contribution in [-0.2, 0) is 5.54 Å². The van der Waals surface area contributed by atoms with E-state index in [4.69, 9.17) is 9.73 Å². The Morgan fingerprint density at radius 1 is 0.786 bits per heavy atom. The van der Waals surface area contributed by atoms with Gasteiger partial charge in [0.1, 0.15) is 11.3 Å². The van der Waals surface area contributed by atoms with E-state index in [0.29, 0.717) is 5.90 Å². The molecule has 0 saturated carbocycles. The fraction of sp³-hybridized carbons (Fsp3) is 0.0800. The molecule has 1 heterocycles. The third-order valence-corrected chi connectivity index (χ3v) is 5.87. The molecule has 1 aliphatic heterocycles. The Kier molecular flexibility index (Phi) is 4.06. The fourth-order valence-electron chi connectivity index (χ4n) is 4.16. The SMILES string of the molecule is CC1=NC(c2ccccc2)(c2ccccc2)c2c(c(Br)cc3ccccc23)O1. The van der Waals surface area contributed by atoms with Gasteiger partial charge in [-0.1, -0.05) is 84.9 Å². The summed E-state index contributed by atoms with van der Waals surface area (Å²) in [6.45, 7) is 1.92. The Bertz CT molecular complexity index is 1160. The summed E-state index contributed by atoms with van der Waals surface area (Å²) in [6.07, 6.45) is 0. The zero-order valence-corrected chi connectivity index (χ0v) is 17.0. The molecular weight excluding hydrogens is 410 g/mol. The first kappa shape index (κ1) is 17.2. The highest BCUT2D eigenvalue weighted by atomic mass is 79.9. The second-order valence-corrected chi connectivity index (χ2v) is 7.81. The van der Waals surface area contributed by atoms with Crippen LogP contribution >= 0.6 is 15.9 Å². The van der Waals surface area contributed by atoms with Gasteiger partial charge in [0, 0.05) is 12.5 Å². The lowest BCUT2D eigenvalue weighted by Gasteiger charge is -2.37. The minimum Gasteiger partial charge on any atom is -0.442 e. The van der Waals surface area contributed by atoms with Gasteiger partial charge in [0.25, 0.3) is 0 Å². The summed E-state index contributed by atoms with van der Waals surface area (Å²) in [5.74, 6) is 1.48. The summed E-state index contributed by atoms with van der Waals surface area (Å²) >= 11 is 3.75. The second kappa shape index (κ2) is 6.61. The molecule has 0 saturated heterocycles. The minimum atomic E-state index is -0.677. The molecule has 4 aromatic rings. The van der Waals surface area contributed by atoms with E-state index in [2.05, 4.69) is 94.8 Å². The summed E-state index contributed by atoms with van der Waals surface area (Å²) in [6, 6.07) is 31.5. The number of rotatable bonds is 2. The van der Waals surface area contributed by atoms with Crippen molar-refractivity contribution in [2.75, 3.05) is 0 Å². The van der Waals surface area contributed by atoms with Crippen molar-refractivity contribution in [3.05, 3.63) is 112 Å². The quantitative estimate of drug-likeness (QED) is 0.348. The first-order valence-electron chi connectivity index (χ1n) is 9.27. The average Bonchev–Trinajstić information content (AvgIpc) is 2.74. The third-order valence-electron chi connectivity index (χ3n) is 5.28. The highest BCUT2D eigenvalue weighted by molar-refractivity contribution is 9.10. The van der Waals surface area contributed by atoms with Gasteiger partial charge in [-0.15, -0.1) is 0 Å². The smallest absolute Gasteiger partial charge is 0.188 e. The first-order chi connectivity index (χ1) is 13.7. The molecule has 1 aliphatic rings. The molecule has 4 aromatic carbocycles. The molecule has 0 atom stereocenters. The third kappa shape index (κ3) is 2.50. The van der Waals surface area contributed by atoms with Gasteiger partial charge in [-0.05, 0) is 43.9 Å². The largest absolute Gasteiger partial charge is 0.442 e. The van der Waals surface area contributed by atoms with Gasteiger partial charge in [0.15, 0.2) is 5.90 Å². The zero-order chi connectivity index (χ0) is 19.1. The number of hydrogen-bond acceptors (Lipinski definition) is 2. The highest BCUT2D eigenvalue weighted by Gasteiger charge is 2.43. The van der Waals surface area contributed by atoms with Crippen LogP contribution in [0.1, 0.15) is 23.6 Å². The molecule has 0 unspecified atom stereocenters. The highest BCUT2D eigenvalue weighted by Crippen LogP contribution is 2.52. The summed E-state index contributed by atoms with van der Waals surface area (Å²) < 4.78 is 7.11. The second-order valence-electron chi connectivity index (χ2n) is 6.96. The van der Waals surface area contributed by atoms with Crippen LogP contribution in [0.5, 0.6) is 5.75 Å². The molecule has 28 heavy (non-hydrogen) atoms. The van der Waals surface area contributed by atoms with Gasteiger partial charge in [0.05, 0.1) is 4.47 Å². The summed E-state index contributed by atoms with van der Waals surface area (Å²) in [4.78, 5) is 5.16. The molecule has 0 bridgehead atoms. The van der Waals surface area contributed by atoms with E-state index in [-0.39, 0.29) is 0 Å². The average molecular weight is 428 g/mol. The van der Waals surface area contributed by atoms with Gasteiger partial charge in [-0.3, -0.25) is 0 Å². The molecule has 0 aromatic heterocycles. The fourth-order valence-corrected chi connectivity index (χ4v) is 4.68. The number of nitrogens with zero attached hydrogens (tertiary/aromatic N) is 1. The van der Waals surface area contributed by atoms with Gasteiger partial charge in [-0.2, -0.15) is 0 Å². The monoisotopic (exact) mass is 427 g/mol. The van der Waals surface area contributed by atoms with E-state index in [9.17, 15) is 0 Å². The summed E-state index contributed by atoms with van der Waals surface area (Å²) in [7, 11) is 0. The maximum atomic E-state index is 6.17. The van der Waals surface area contributed by atoms with Crippen molar-refractivity contribution in [3.8, 4) is 5.75 Å². The Labute approximate surface area is 172 Å². The van der Waals surface area contributed by atoms with Crippen LogP contribution in [0, 0.1) is 0 Å². The first-order valence-corrected chi connectivity index (χ1v) is 10.1. The standard InChI is InChI=1S/C25H18BrNO/c1-17-27-25(19-11-4-2-5-12-19,20-13-6-3-7-14-20)23-21-15-9-8-10-18(21)16-22(26)24(23)28-17/h2-16H,1H3. The molecule has 3 heteroatoms. The molecule has 136 valence electrons. The Balaban J connectivity index is 2.00. The van der Waals surface area contributed by atoms with E-state index in [1.165, 1.54) is 0 Å². The molecule has 0 spiro atoms. The van der Waals surface area contributed by atoms with Crippen molar-refractivity contribution in [2.24, 2.45) is 4.99 Å². The lowest BCUT2D eigenvalue weighted by atomic mass is 9.75. The lowest BCUT2D eigenvalue weighted by molar-refractivity contribution is 0.471. The predicted molar refractivity (Wildman–Crippen MR) is 118 cm³/mol. The minimum absolute atomic E-state index is 0.649. The van der Waals surface area contributed by atoms with E-state index < -0.39 is 5.54 Å². The molecule has 2 nitrogen and oxygen atoms in total. The number of fused-ring (bicyclic) bond motifs is 3. The lowest BCUT2D eigenvalue weighted by Crippen LogP contribution is -2.34. The van der Waals surface area contributed by atoms with Gasteiger partial charge < -0.3 is 4.74 Å². The summed E-state index contributed by atoms with van der Waals surface area (Å²) in [5, 5.41) is 2.30. The molecule has 0 amide bonds. The van der Waals surface area contributed by atoms with E-state index >= 15 is 0 Å². The molecule has 0 aliphatic carbocycles.